The maximum absolute atomic E-state index is 10.7. The Bertz CT molecular complexity index is 238. The lowest BCUT2D eigenvalue weighted by Crippen LogP contribution is -2.43. The summed E-state index contributed by atoms with van der Waals surface area (Å²) in [4.78, 5) is 15.2. The van der Waals surface area contributed by atoms with Crippen LogP contribution in [0.1, 0.15) is 32.6 Å². The summed E-state index contributed by atoms with van der Waals surface area (Å²) in [5.74, 6) is -0.769. The van der Waals surface area contributed by atoms with Crippen molar-refractivity contribution in [1.29, 1.82) is 0 Å². The summed E-state index contributed by atoms with van der Waals surface area (Å²) in [5.41, 5.74) is 0. The molecule has 0 aromatic rings. The van der Waals surface area contributed by atoms with Gasteiger partial charge in [0.1, 0.15) is 0 Å². The normalized spacial score (nSPS) is 18.4. The first kappa shape index (κ1) is 15.4. The van der Waals surface area contributed by atoms with Crippen LogP contribution < -0.4 is 0 Å². The van der Waals surface area contributed by atoms with Gasteiger partial charge in [-0.25, -0.2) is 0 Å². The average molecular weight is 258 g/mol. The van der Waals surface area contributed by atoms with Crippen LogP contribution in [0.5, 0.6) is 0 Å². The highest BCUT2D eigenvalue weighted by atomic mass is 16.4. The van der Waals surface area contributed by atoms with Gasteiger partial charge in [-0.1, -0.05) is 6.92 Å². The molecule has 1 rings (SSSR count). The maximum atomic E-state index is 10.7. The highest BCUT2D eigenvalue weighted by molar-refractivity contribution is 5.66. The van der Waals surface area contributed by atoms with Crippen molar-refractivity contribution >= 4 is 5.97 Å². The first-order valence-electron chi connectivity index (χ1n) is 6.96. The molecular formula is C13H26N2O3. The van der Waals surface area contributed by atoms with Crippen LogP contribution in [-0.4, -0.2) is 71.4 Å². The van der Waals surface area contributed by atoms with Gasteiger partial charge in [0, 0.05) is 25.7 Å². The second-order valence-electron chi connectivity index (χ2n) is 4.97. The van der Waals surface area contributed by atoms with Crippen LogP contribution in [0.15, 0.2) is 0 Å². The van der Waals surface area contributed by atoms with E-state index in [1.165, 1.54) is 12.8 Å². The largest absolute Gasteiger partial charge is 0.481 e. The molecule has 0 saturated carbocycles. The van der Waals surface area contributed by atoms with E-state index in [2.05, 4.69) is 9.80 Å². The fraction of sp³-hybridized carbons (Fsp3) is 0.923. The van der Waals surface area contributed by atoms with Gasteiger partial charge in [-0.2, -0.15) is 0 Å². The van der Waals surface area contributed by atoms with Crippen LogP contribution in [0.25, 0.3) is 0 Å². The molecule has 5 heteroatoms. The average Bonchev–Trinajstić information content (AvgIpc) is 2.85. The molecule has 1 heterocycles. The molecule has 1 saturated heterocycles. The molecule has 0 aromatic heterocycles. The van der Waals surface area contributed by atoms with Gasteiger partial charge in [0.15, 0.2) is 0 Å². The molecule has 0 aromatic carbocycles. The highest BCUT2D eigenvalue weighted by Gasteiger charge is 2.19. The SMILES string of the molecule is CCC(CO)N(CCC(=O)O)CCN1CCCC1. The van der Waals surface area contributed by atoms with Crippen LogP contribution in [0, 0.1) is 0 Å². The van der Waals surface area contributed by atoms with Crippen LogP contribution in [0.4, 0.5) is 0 Å². The number of likely N-dealkylation sites (tertiary alicyclic amines) is 1. The number of nitrogens with zero attached hydrogens (tertiary/aromatic N) is 2. The minimum absolute atomic E-state index is 0.0898. The Balaban J connectivity index is 2.38. The van der Waals surface area contributed by atoms with E-state index < -0.39 is 5.97 Å². The summed E-state index contributed by atoms with van der Waals surface area (Å²) in [5, 5.41) is 18.1. The smallest absolute Gasteiger partial charge is 0.304 e. The second-order valence-corrected chi connectivity index (χ2v) is 4.97. The van der Waals surface area contributed by atoms with E-state index in [1.54, 1.807) is 0 Å². The van der Waals surface area contributed by atoms with Crippen molar-refractivity contribution in [1.82, 2.24) is 9.80 Å². The maximum Gasteiger partial charge on any atom is 0.304 e. The lowest BCUT2D eigenvalue weighted by molar-refractivity contribution is -0.137. The molecule has 1 aliphatic heterocycles. The summed E-state index contributed by atoms with van der Waals surface area (Å²) in [6, 6.07) is 0.0898. The number of hydrogen-bond acceptors (Lipinski definition) is 4. The third-order valence-corrected chi connectivity index (χ3v) is 3.71. The van der Waals surface area contributed by atoms with E-state index in [-0.39, 0.29) is 19.1 Å². The number of aliphatic hydroxyl groups excluding tert-OH is 1. The molecule has 0 radical (unpaired) electrons. The number of rotatable bonds is 9. The third-order valence-electron chi connectivity index (χ3n) is 3.71. The Morgan fingerprint density at radius 3 is 2.50 bits per heavy atom. The first-order chi connectivity index (χ1) is 8.67. The van der Waals surface area contributed by atoms with Gasteiger partial charge in [-0.3, -0.25) is 9.69 Å². The first-order valence-corrected chi connectivity index (χ1v) is 6.96. The number of carboxylic acids is 1. The molecule has 1 aliphatic rings. The molecule has 0 spiro atoms. The van der Waals surface area contributed by atoms with Crippen LogP contribution in [0.2, 0.25) is 0 Å². The van der Waals surface area contributed by atoms with Gasteiger partial charge in [-0.05, 0) is 32.4 Å². The van der Waals surface area contributed by atoms with Gasteiger partial charge in [0.25, 0.3) is 0 Å². The van der Waals surface area contributed by atoms with Gasteiger partial charge in [0.05, 0.1) is 13.0 Å². The van der Waals surface area contributed by atoms with Gasteiger partial charge in [0.2, 0.25) is 0 Å². The number of carbonyl (C=O) groups is 1. The minimum Gasteiger partial charge on any atom is -0.481 e. The van der Waals surface area contributed by atoms with E-state index in [0.29, 0.717) is 6.54 Å². The quantitative estimate of drug-likeness (QED) is 0.635. The van der Waals surface area contributed by atoms with Crippen molar-refractivity contribution in [3.63, 3.8) is 0 Å². The zero-order valence-corrected chi connectivity index (χ0v) is 11.3. The molecule has 106 valence electrons. The molecule has 0 amide bonds. The Hall–Kier alpha value is -0.650. The summed E-state index contributed by atoms with van der Waals surface area (Å²) in [6.45, 7) is 6.82. The van der Waals surface area contributed by atoms with Crippen molar-refractivity contribution in [2.75, 3.05) is 39.3 Å². The van der Waals surface area contributed by atoms with Gasteiger partial charge >= 0.3 is 5.97 Å². The van der Waals surface area contributed by atoms with Crippen molar-refractivity contribution in [2.45, 2.75) is 38.6 Å². The molecule has 0 aliphatic carbocycles. The van der Waals surface area contributed by atoms with Crippen molar-refractivity contribution in [2.24, 2.45) is 0 Å². The summed E-state index contributed by atoms with van der Waals surface area (Å²) < 4.78 is 0. The molecule has 18 heavy (non-hydrogen) atoms. The predicted molar refractivity (Wildman–Crippen MR) is 70.7 cm³/mol. The molecule has 1 unspecified atom stereocenters. The van der Waals surface area contributed by atoms with Gasteiger partial charge < -0.3 is 15.1 Å². The van der Waals surface area contributed by atoms with Crippen molar-refractivity contribution < 1.29 is 15.0 Å². The highest BCUT2D eigenvalue weighted by Crippen LogP contribution is 2.09. The number of carboxylic acid groups (broad SMARTS) is 1. The van der Waals surface area contributed by atoms with Crippen LogP contribution >= 0.6 is 0 Å². The molecular weight excluding hydrogens is 232 g/mol. The second kappa shape index (κ2) is 8.45. The van der Waals surface area contributed by atoms with E-state index in [0.717, 1.165) is 32.6 Å². The number of aliphatic carboxylic acids is 1. The van der Waals surface area contributed by atoms with E-state index >= 15 is 0 Å². The Morgan fingerprint density at radius 2 is 2.00 bits per heavy atom. The fourth-order valence-corrected chi connectivity index (χ4v) is 2.50. The predicted octanol–water partition coefficient (Wildman–Crippen LogP) is 0.630. The zero-order valence-electron chi connectivity index (χ0n) is 11.3. The zero-order chi connectivity index (χ0) is 13.4. The summed E-state index contributed by atoms with van der Waals surface area (Å²) in [7, 11) is 0. The standard InChI is InChI=1S/C13H26N2O3/c1-2-12(11-16)15(8-5-13(17)18)10-9-14-6-3-4-7-14/h12,16H,2-11H2,1H3,(H,17,18). The topological polar surface area (TPSA) is 64.0 Å². The lowest BCUT2D eigenvalue weighted by atomic mass is 10.2. The van der Waals surface area contributed by atoms with Crippen LogP contribution in [-0.2, 0) is 4.79 Å². The Morgan fingerprint density at radius 1 is 1.33 bits per heavy atom. The molecule has 1 fully saturated rings. The number of hydrogen-bond donors (Lipinski definition) is 2. The molecule has 0 bridgehead atoms. The van der Waals surface area contributed by atoms with E-state index in [1.807, 2.05) is 6.92 Å². The fourth-order valence-electron chi connectivity index (χ4n) is 2.50. The monoisotopic (exact) mass is 258 g/mol. The van der Waals surface area contributed by atoms with E-state index in [9.17, 15) is 9.90 Å². The lowest BCUT2D eigenvalue weighted by Gasteiger charge is -2.30. The molecule has 5 nitrogen and oxygen atoms in total. The van der Waals surface area contributed by atoms with Crippen molar-refractivity contribution in [3.8, 4) is 0 Å². The summed E-state index contributed by atoms with van der Waals surface area (Å²) in [6.07, 6.45) is 3.55. The minimum atomic E-state index is -0.769. The van der Waals surface area contributed by atoms with Gasteiger partial charge in [-0.15, -0.1) is 0 Å². The van der Waals surface area contributed by atoms with E-state index in [4.69, 9.17) is 5.11 Å². The Labute approximate surface area is 109 Å². The Kier molecular flexibility index (Phi) is 7.23. The summed E-state index contributed by atoms with van der Waals surface area (Å²) >= 11 is 0. The number of aliphatic hydroxyl groups is 1. The third kappa shape index (κ3) is 5.33. The molecule has 1 atom stereocenters. The van der Waals surface area contributed by atoms with Crippen molar-refractivity contribution in [3.05, 3.63) is 0 Å². The molecule has 2 N–H and O–H groups in total. The van der Waals surface area contributed by atoms with Crippen LogP contribution in [0.3, 0.4) is 0 Å².